The molecule has 0 spiro atoms. The molecule has 0 aliphatic carbocycles. The van der Waals surface area contributed by atoms with E-state index in [-0.39, 0.29) is 0 Å². The van der Waals surface area contributed by atoms with Crippen molar-refractivity contribution in [2.75, 3.05) is 0 Å². The van der Waals surface area contributed by atoms with E-state index in [1.165, 1.54) is 0 Å². The van der Waals surface area contributed by atoms with Gasteiger partial charge in [-0.2, -0.15) is 0 Å². The molecular formula is C40H27N3O2. The molecular weight excluding hydrogens is 554 g/mol. The van der Waals surface area contributed by atoms with Crippen LogP contribution >= 0.6 is 0 Å². The van der Waals surface area contributed by atoms with Crippen LogP contribution < -0.4 is 0 Å². The van der Waals surface area contributed by atoms with Crippen molar-refractivity contribution in [3.63, 3.8) is 0 Å². The summed E-state index contributed by atoms with van der Waals surface area (Å²) in [4.78, 5) is 14.5. The maximum absolute atomic E-state index is 6.41. The fourth-order valence-corrected chi connectivity index (χ4v) is 5.91. The summed E-state index contributed by atoms with van der Waals surface area (Å²) in [5.74, 6) is 1.05. The standard InChI is InChI=1S/C40H27N3O2/c1-41-40(43-39(27-14-6-3-7-15-27)42-25-26-12-4-2-5-13-26)33-22-29(24-37-38(33)32-17-9-11-19-35(32)45-37)28-20-21-31-30-16-8-10-18-34(30)44-36(31)23-28/h2-24H,1,25H2. The van der Waals surface area contributed by atoms with Crippen LogP contribution in [0.4, 0.5) is 0 Å². The number of hydrogen-bond donors (Lipinski definition) is 0. The number of amidine groups is 2. The van der Waals surface area contributed by atoms with Gasteiger partial charge in [0.1, 0.15) is 22.3 Å². The first-order valence-corrected chi connectivity index (χ1v) is 14.8. The second-order valence-corrected chi connectivity index (χ2v) is 10.9. The first-order chi connectivity index (χ1) is 22.2. The lowest BCUT2D eigenvalue weighted by Gasteiger charge is -2.10. The molecule has 5 heteroatoms. The van der Waals surface area contributed by atoms with Crippen LogP contribution in [0.25, 0.3) is 55.0 Å². The van der Waals surface area contributed by atoms with Gasteiger partial charge in [0.05, 0.1) is 6.54 Å². The Morgan fingerprint density at radius 3 is 1.93 bits per heavy atom. The van der Waals surface area contributed by atoms with Gasteiger partial charge in [-0.05, 0) is 59.8 Å². The number of aliphatic imine (C=N–C) groups is 3. The Labute approximate surface area is 259 Å². The molecule has 2 aromatic heterocycles. The number of benzene rings is 6. The molecule has 0 atom stereocenters. The van der Waals surface area contributed by atoms with Crippen LogP contribution in [0.2, 0.25) is 0 Å². The first kappa shape index (κ1) is 26.5. The lowest BCUT2D eigenvalue weighted by molar-refractivity contribution is 0.668. The second-order valence-electron chi connectivity index (χ2n) is 10.9. The zero-order valence-corrected chi connectivity index (χ0v) is 24.4. The third-order valence-electron chi connectivity index (χ3n) is 8.08. The molecule has 0 amide bonds. The van der Waals surface area contributed by atoms with Gasteiger partial charge in [0.2, 0.25) is 0 Å². The maximum Gasteiger partial charge on any atom is 0.161 e. The molecule has 214 valence electrons. The van der Waals surface area contributed by atoms with Crippen LogP contribution in [0.5, 0.6) is 0 Å². The molecule has 0 N–H and O–H groups in total. The largest absolute Gasteiger partial charge is 0.456 e. The Morgan fingerprint density at radius 2 is 1.16 bits per heavy atom. The highest BCUT2D eigenvalue weighted by Gasteiger charge is 2.19. The smallest absolute Gasteiger partial charge is 0.161 e. The summed E-state index contributed by atoms with van der Waals surface area (Å²) in [6, 6.07) is 46.8. The van der Waals surface area contributed by atoms with Crippen LogP contribution in [0.15, 0.2) is 163 Å². The van der Waals surface area contributed by atoms with Crippen LogP contribution in [-0.2, 0) is 6.54 Å². The van der Waals surface area contributed by atoms with E-state index >= 15 is 0 Å². The lowest BCUT2D eigenvalue weighted by Crippen LogP contribution is -2.06. The Hall–Kier alpha value is -6.07. The topological polar surface area (TPSA) is 63.4 Å². The van der Waals surface area contributed by atoms with Gasteiger partial charge in [0.25, 0.3) is 0 Å². The summed E-state index contributed by atoms with van der Waals surface area (Å²) in [6.45, 7) is 4.45. The van der Waals surface area contributed by atoms with E-state index in [9.17, 15) is 0 Å². The first-order valence-electron chi connectivity index (χ1n) is 14.8. The van der Waals surface area contributed by atoms with E-state index in [4.69, 9.17) is 18.8 Å². The van der Waals surface area contributed by atoms with Gasteiger partial charge in [-0.3, -0.25) is 4.99 Å². The van der Waals surface area contributed by atoms with Gasteiger partial charge in [0.15, 0.2) is 11.7 Å². The van der Waals surface area contributed by atoms with Gasteiger partial charge in [0, 0.05) is 32.7 Å². The highest BCUT2D eigenvalue weighted by Crippen LogP contribution is 2.38. The van der Waals surface area contributed by atoms with Gasteiger partial charge in [-0.25, -0.2) is 9.98 Å². The summed E-state index contributed by atoms with van der Waals surface area (Å²) in [7, 11) is 0. The van der Waals surface area contributed by atoms with E-state index in [0.717, 1.165) is 71.7 Å². The van der Waals surface area contributed by atoms with Crippen molar-refractivity contribution < 1.29 is 8.83 Å². The van der Waals surface area contributed by atoms with Crippen molar-refractivity contribution >= 4 is 62.3 Å². The van der Waals surface area contributed by atoms with Crippen molar-refractivity contribution in [3.8, 4) is 11.1 Å². The third-order valence-corrected chi connectivity index (χ3v) is 8.08. The highest BCUT2D eigenvalue weighted by molar-refractivity contribution is 6.22. The molecule has 8 aromatic rings. The summed E-state index contributed by atoms with van der Waals surface area (Å²) >= 11 is 0. The molecule has 0 aliphatic heterocycles. The summed E-state index contributed by atoms with van der Waals surface area (Å²) < 4.78 is 12.6. The average molecular weight is 582 g/mol. The molecule has 2 heterocycles. The quantitative estimate of drug-likeness (QED) is 0.150. The molecule has 5 nitrogen and oxygen atoms in total. The Morgan fingerprint density at radius 1 is 0.533 bits per heavy atom. The monoisotopic (exact) mass is 581 g/mol. The Balaban J connectivity index is 1.33. The summed E-state index contributed by atoms with van der Waals surface area (Å²) in [5.41, 5.74) is 8.00. The van der Waals surface area contributed by atoms with E-state index in [1.807, 2.05) is 84.9 Å². The minimum atomic E-state index is 0.467. The predicted molar refractivity (Wildman–Crippen MR) is 186 cm³/mol. The molecule has 0 unspecified atom stereocenters. The normalized spacial score (nSPS) is 12.4. The minimum absolute atomic E-state index is 0.467. The molecule has 0 saturated heterocycles. The predicted octanol–water partition coefficient (Wildman–Crippen LogP) is 10.2. The maximum atomic E-state index is 6.41. The van der Waals surface area contributed by atoms with Crippen LogP contribution in [-0.4, -0.2) is 18.4 Å². The molecule has 0 saturated carbocycles. The average Bonchev–Trinajstić information content (AvgIpc) is 3.67. The molecule has 6 aromatic carbocycles. The molecule has 0 fully saturated rings. The number of furan rings is 2. The minimum Gasteiger partial charge on any atom is -0.456 e. The SMILES string of the molecule is C=NC(=NC(=NCc1ccccc1)c1ccccc1)c1cc(-c2ccc3c(c2)oc2ccccc23)cc2oc3ccccc3c12. The molecule has 45 heavy (non-hydrogen) atoms. The fraction of sp³-hybridized carbons (Fsp3) is 0.0250. The summed E-state index contributed by atoms with van der Waals surface area (Å²) in [6.07, 6.45) is 0. The van der Waals surface area contributed by atoms with Gasteiger partial charge < -0.3 is 8.83 Å². The Kier molecular flexibility index (Phi) is 6.61. The molecule has 0 radical (unpaired) electrons. The second kappa shape index (κ2) is 11.2. The zero-order valence-electron chi connectivity index (χ0n) is 24.4. The highest BCUT2D eigenvalue weighted by atomic mass is 16.3. The summed E-state index contributed by atoms with van der Waals surface area (Å²) in [5, 5.41) is 4.10. The van der Waals surface area contributed by atoms with Gasteiger partial charge in [-0.1, -0.05) is 103 Å². The number of rotatable bonds is 5. The molecule has 0 aliphatic rings. The zero-order chi connectivity index (χ0) is 30.2. The lowest BCUT2D eigenvalue weighted by atomic mass is 9.97. The van der Waals surface area contributed by atoms with E-state index in [0.29, 0.717) is 18.2 Å². The Bertz CT molecular complexity index is 2420. The van der Waals surface area contributed by atoms with Crippen molar-refractivity contribution in [2.24, 2.45) is 15.0 Å². The van der Waals surface area contributed by atoms with Crippen LogP contribution in [0.3, 0.4) is 0 Å². The van der Waals surface area contributed by atoms with E-state index < -0.39 is 0 Å². The van der Waals surface area contributed by atoms with E-state index in [2.05, 4.69) is 66.3 Å². The molecule has 0 bridgehead atoms. The van der Waals surface area contributed by atoms with Gasteiger partial charge in [-0.15, -0.1) is 0 Å². The van der Waals surface area contributed by atoms with Crippen molar-refractivity contribution in [2.45, 2.75) is 6.54 Å². The van der Waals surface area contributed by atoms with Crippen molar-refractivity contribution in [3.05, 3.63) is 156 Å². The number of fused-ring (bicyclic) bond motifs is 6. The van der Waals surface area contributed by atoms with Crippen molar-refractivity contribution in [1.29, 1.82) is 0 Å². The van der Waals surface area contributed by atoms with E-state index in [1.54, 1.807) is 0 Å². The van der Waals surface area contributed by atoms with Gasteiger partial charge >= 0.3 is 0 Å². The van der Waals surface area contributed by atoms with Crippen molar-refractivity contribution in [1.82, 2.24) is 0 Å². The molecule has 8 rings (SSSR count). The van der Waals surface area contributed by atoms with Crippen LogP contribution in [0.1, 0.15) is 16.7 Å². The number of hydrogen-bond acceptors (Lipinski definition) is 3. The fourth-order valence-electron chi connectivity index (χ4n) is 5.91. The van der Waals surface area contributed by atoms with Crippen LogP contribution in [0, 0.1) is 0 Å². The number of para-hydroxylation sites is 2. The third kappa shape index (κ3) is 4.90. The number of nitrogens with zero attached hydrogens (tertiary/aromatic N) is 3.